The second-order valence-electron chi connectivity index (χ2n) is 7.69. The standard InChI is InChI=1S/C25H28N2O5S/c1-3-32-22-11-7-6-10-21(22)27-23(28)16(2)33-18-14-12-17(13-15-18)26-24(29)19-8-4-5-9-20(19)25(30)31/h4-7,10-16,19-20H,3,8-9H2,1-2H3,(H,26,29)(H,27,28)(H,30,31). The van der Waals surface area contributed by atoms with Gasteiger partial charge in [0.15, 0.2) is 0 Å². The molecule has 8 heteroatoms. The first-order chi connectivity index (χ1) is 15.9. The van der Waals surface area contributed by atoms with E-state index >= 15 is 0 Å². The second kappa shape index (κ2) is 11.6. The van der Waals surface area contributed by atoms with Gasteiger partial charge in [0.05, 0.1) is 29.4 Å². The van der Waals surface area contributed by atoms with Gasteiger partial charge in [0.25, 0.3) is 0 Å². The summed E-state index contributed by atoms with van der Waals surface area (Å²) in [7, 11) is 0. The summed E-state index contributed by atoms with van der Waals surface area (Å²) in [6.07, 6.45) is 4.43. The third-order valence-electron chi connectivity index (χ3n) is 5.34. The SMILES string of the molecule is CCOc1ccccc1NC(=O)C(C)Sc1ccc(NC(=O)C2CC=CCC2C(=O)O)cc1. The van der Waals surface area contributed by atoms with E-state index in [1.807, 2.05) is 50.3 Å². The molecule has 0 bridgehead atoms. The first-order valence-electron chi connectivity index (χ1n) is 10.9. The molecule has 0 aromatic heterocycles. The Kier molecular flexibility index (Phi) is 8.54. The summed E-state index contributed by atoms with van der Waals surface area (Å²) in [6, 6.07) is 14.5. The number of benzene rings is 2. The zero-order valence-electron chi connectivity index (χ0n) is 18.6. The predicted octanol–water partition coefficient (Wildman–Crippen LogP) is 4.81. The van der Waals surface area contributed by atoms with Crippen LogP contribution in [0, 0.1) is 11.8 Å². The molecule has 0 radical (unpaired) electrons. The molecule has 3 N–H and O–H groups in total. The molecule has 33 heavy (non-hydrogen) atoms. The van der Waals surface area contributed by atoms with Crippen molar-refractivity contribution in [1.82, 2.24) is 0 Å². The molecular weight excluding hydrogens is 440 g/mol. The van der Waals surface area contributed by atoms with Crippen molar-refractivity contribution < 1.29 is 24.2 Å². The molecule has 174 valence electrons. The van der Waals surface area contributed by atoms with Gasteiger partial charge in [0, 0.05) is 10.6 Å². The number of nitrogens with one attached hydrogen (secondary N) is 2. The van der Waals surface area contributed by atoms with Crippen LogP contribution in [-0.2, 0) is 14.4 Å². The minimum atomic E-state index is -0.956. The zero-order chi connectivity index (χ0) is 23.8. The fourth-order valence-electron chi connectivity index (χ4n) is 3.57. The van der Waals surface area contributed by atoms with E-state index in [-0.39, 0.29) is 17.1 Å². The summed E-state index contributed by atoms with van der Waals surface area (Å²) >= 11 is 1.40. The molecular formula is C25H28N2O5S. The van der Waals surface area contributed by atoms with E-state index in [1.54, 1.807) is 24.3 Å². The molecule has 0 fully saturated rings. The van der Waals surface area contributed by atoms with E-state index in [4.69, 9.17) is 4.74 Å². The van der Waals surface area contributed by atoms with Crippen molar-refractivity contribution in [2.75, 3.05) is 17.2 Å². The van der Waals surface area contributed by atoms with Gasteiger partial charge in [0.1, 0.15) is 5.75 Å². The largest absolute Gasteiger partial charge is 0.492 e. The molecule has 1 aliphatic carbocycles. The third-order valence-corrected chi connectivity index (χ3v) is 6.45. The third kappa shape index (κ3) is 6.61. The van der Waals surface area contributed by atoms with E-state index < -0.39 is 17.8 Å². The molecule has 3 atom stereocenters. The lowest BCUT2D eigenvalue weighted by Crippen LogP contribution is -2.34. The number of para-hydroxylation sites is 2. The van der Waals surface area contributed by atoms with Gasteiger partial charge in [-0.15, -0.1) is 11.8 Å². The average molecular weight is 469 g/mol. The van der Waals surface area contributed by atoms with Crippen LogP contribution in [-0.4, -0.2) is 34.7 Å². The number of ether oxygens (including phenoxy) is 1. The summed E-state index contributed by atoms with van der Waals surface area (Å²) in [4.78, 5) is 37.6. The number of carboxylic acids is 1. The van der Waals surface area contributed by atoms with E-state index in [2.05, 4.69) is 10.6 Å². The Morgan fingerprint density at radius 2 is 1.70 bits per heavy atom. The Labute approximate surface area is 197 Å². The van der Waals surface area contributed by atoms with Gasteiger partial charge < -0.3 is 20.5 Å². The van der Waals surface area contributed by atoms with Crippen LogP contribution in [0.4, 0.5) is 11.4 Å². The lowest BCUT2D eigenvalue weighted by atomic mass is 9.82. The molecule has 1 aliphatic rings. The number of carbonyl (C=O) groups excluding carboxylic acids is 2. The number of hydrogen-bond donors (Lipinski definition) is 3. The maximum absolute atomic E-state index is 12.6. The Morgan fingerprint density at radius 3 is 2.36 bits per heavy atom. The number of aliphatic carboxylic acids is 1. The predicted molar refractivity (Wildman–Crippen MR) is 130 cm³/mol. The number of thioether (sulfide) groups is 1. The summed E-state index contributed by atoms with van der Waals surface area (Å²) in [5, 5.41) is 14.7. The van der Waals surface area contributed by atoms with Gasteiger partial charge in [-0.05, 0) is 63.1 Å². The van der Waals surface area contributed by atoms with Gasteiger partial charge in [-0.3, -0.25) is 14.4 Å². The molecule has 0 spiro atoms. The molecule has 0 aliphatic heterocycles. The van der Waals surface area contributed by atoms with Crippen LogP contribution in [0.25, 0.3) is 0 Å². The minimum Gasteiger partial charge on any atom is -0.492 e. The van der Waals surface area contributed by atoms with Crippen molar-refractivity contribution >= 4 is 40.9 Å². The van der Waals surface area contributed by atoms with Crippen LogP contribution in [0.1, 0.15) is 26.7 Å². The number of allylic oxidation sites excluding steroid dienone is 2. The highest BCUT2D eigenvalue weighted by Gasteiger charge is 2.33. The van der Waals surface area contributed by atoms with Crippen molar-refractivity contribution in [3.63, 3.8) is 0 Å². The van der Waals surface area contributed by atoms with Crippen LogP contribution in [0.15, 0.2) is 65.6 Å². The van der Waals surface area contributed by atoms with Crippen LogP contribution >= 0.6 is 11.8 Å². The lowest BCUT2D eigenvalue weighted by Gasteiger charge is -2.24. The Balaban J connectivity index is 1.57. The summed E-state index contributed by atoms with van der Waals surface area (Å²) in [6.45, 7) is 4.22. The number of anilines is 2. The van der Waals surface area contributed by atoms with Crippen molar-refractivity contribution in [3.05, 3.63) is 60.7 Å². The Hall–Kier alpha value is -3.26. The highest BCUT2D eigenvalue weighted by atomic mass is 32.2. The maximum Gasteiger partial charge on any atom is 0.307 e. The summed E-state index contributed by atoms with van der Waals surface area (Å²) in [5.74, 6) is -2.07. The maximum atomic E-state index is 12.6. The van der Waals surface area contributed by atoms with Crippen molar-refractivity contribution in [1.29, 1.82) is 0 Å². The fourth-order valence-corrected chi connectivity index (χ4v) is 4.44. The molecule has 3 rings (SSSR count). The molecule has 7 nitrogen and oxygen atoms in total. The average Bonchev–Trinajstić information content (AvgIpc) is 2.81. The molecule has 2 aromatic carbocycles. The van der Waals surface area contributed by atoms with Gasteiger partial charge >= 0.3 is 5.97 Å². The zero-order valence-corrected chi connectivity index (χ0v) is 19.4. The first-order valence-corrected chi connectivity index (χ1v) is 11.7. The number of carboxylic acid groups (broad SMARTS) is 1. The van der Waals surface area contributed by atoms with Crippen LogP contribution < -0.4 is 15.4 Å². The number of hydrogen-bond acceptors (Lipinski definition) is 5. The van der Waals surface area contributed by atoms with E-state index in [0.717, 1.165) is 4.90 Å². The second-order valence-corrected chi connectivity index (χ2v) is 9.10. The Morgan fingerprint density at radius 1 is 1.03 bits per heavy atom. The number of amides is 2. The smallest absolute Gasteiger partial charge is 0.307 e. The van der Waals surface area contributed by atoms with Gasteiger partial charge in [-0.25, -0.2) is 0 Å². The number of rotatable bonds is 9. The minimum absolute atomic E-state index is 0.144. The van der Waals surface area contributed by atoms with Gasteiger partial charge in [0.2, 0.25) is 11.8 Å². The molecule has 2 aromatic rings. The monoisotopic (exact) mass is 468 g/mol. The molecule has 0 saturated heterocycles. The van der Waals surface area contributed by atoms with Crippen LogP contribution in [0.3, 0.4) is 0 Å². The van der Waals surface area contributed by atoms with E-state index in [1.165, 1.54) is 11.8 Å². The highest BCUT2D eigenvalue weighted by molar-refractivity contribution is 8.00. The summed E-state index contributed by atoms with van der Waals surface area (Å²) < 4.78 is 5.55. The lowest BCUT2D eigenvalue weighted by molar-refractivity contribution is -0.146. The van der Waals surface area contributed by atoms with Gasteiger partial charge in [-0.2, -0.15) is 0 Å². The highest BCUT2D eigenvalue weighted by Crippen LogP contribution is 2.30. The van der Waals surface area contributed by atoms with Crippen LogP contribution in [0.5, 0.6) is 5.75 Å². The Bertz CT molecular complexity index is 1020. The molecule has 3 unspecified atom stereocenters. The number of carbonyl (C=O) groups is 3. The topological polar surface area (TPSA) is 105 Å². The van der Waals surface area contributed by atoms with Crippen molar-refractivity contribution in [2.24, 2.45) is 11.8 Å². The molecule has 0 saturated carbocycles. The van der Waals surface area contributed by atoms with E-state index in [0.29, 0.717) is 36.6 Å². The van der Waals surface area contributed by atoms with Crippen molar-refractivity contribution in [2.45, 2.75) is 36.8 Å². The molecule has 2 amide bonds. The van der Waals surface area contributed by atoms with Crippen LogP contribution in [0.2, 0.25) is 0 Å². The molecule has 0 heterocycles. The summed E-state index contributed by atoms with van der Waals surface area (Å²) in [5.41, 5.74) is 1.22. The quantitative estimate of drug-likeness (QED) is 0.360. The normalized spacial score (nSPS) is 18.2. The first kappa shape index (κ1) is 24.4. The van der Waals surface area contributed by atoms with E-state index in [9.17, 15) is 19.5 Å². The van der Waals surface area contributed by atoms with Crippen molar-refractivity contribution in [3.8, 4) is 5.75 Å². The fraction of sp³-hybridized carbons (Fsp3) is 0.320. The van der Waals surface area contributed by atoms with Gasteiger partial charge in [-0.1, -0.05) is 24.3 Å².